The molecule has 0 amide bonds. The Balaban J connectivity index is 1.72. The van der Waals surface area contributed by atoms with Crippen LogP contribution in [-0.2, 0) is 12.7 Å². The van der Waals surface area contributed by atoms with E-state index in [9.17, 15) is 18.3 Å². The van der Waals surface area contributed by atoms with Crippen LogP contribution in [0.1, 0.15) is 16.7 Å². The van der Waals surface area contributed by atoms with Gasteiger partial charge in [0.2, 0.25) is 0 Å². The lowest BCUT2D eigenvalue weighted by molar-refractivity contribution is -0.137. The molecule has 3 aromatic rings. The van der Waals surface area contributed by atoms with Crippen molar-refractivity contribution in [1.29, 1.82) is 0 Å². The summed E-state index contributed by atoms with van der Waals surface area (Å²) < 4.78 is 37.9. The quantitative estimate of drug-likeness (QED) is 0.664. The summed E-state index contributed by atoms with van der Waals surface area (Å²) in [5.74, 6) is 0.259. The van der Waals surface area contributed by atoms with E-state index in [4.69, 9.17) is 0 Å². The van der Waals surface area contributed by atoms with Gasteiger partial charge in [-0.2, -0.15) is 13.2 Å². The predicted molar refractivity (Wildman–Crippen MR) is 99.6 cm³/mol. The number of halogens is 3. The number of nitrogens with zero attached hydrogens (tertiary/aromatic N) is 2. The van der Waals surface area contributed by atoms with Gasteiger partial charge in [-0.3, -0.25) is 4.98 Å². The lowest BCUT2D eigenvalue weighted by Crippen LogP contribution is -2.16. The molecule has 0 radical (unpaired) electrons. The minimum Gasteiger partial charge on any atom is -0.508 e. The Hall–Kier alpha value is -3.02. The number of anilines is 1. The summed E-state index contributed by atoms with van der Waals surface area (Å²) in [4.78, 5) is 6.40. The smallest absolute Gasteiger partial charge is 0.416 e. The molecule has 3 nitrogen and oxygen atoms in total. The number of aromatic hydroxyl groups is 1. The van der Waals surface area contributed by atoms with Gasteiger partial charge in [-0.1, -0.05) is 18.2 Å². The number of benzene rings is 2. The molecule has 6 heteroatoms. The van der Waals surface area contributed by atoms with E-state index in [1.54, 1.807) is 18.3 Å². The Morgan fingerprint density at radius 1 is 1.00 bits per heavy atom. The van der Waals surface area contributed by atoms with Crippen LogP contribution in [0, 0.1) is 6.92 Å². The average Bonchev–Trinajstić information content (AvgIpc) is 2.64. The fourth-order valence-corrected chi connectivity index (χ4v) is 2.76. The lowest BCUT2D eigenvalue weighted by atomic mass is 10.1. The zero-order valence-electron chi connectivity index (χ0n) is 15.0. The van der Waals surface area contributed by atoms with Crippen molar-refractivity contribution in [1.82, 2.24) is 4.98 Å². The molecule has 0 atom stereocenters. The van der Waals surface area contributed by atoms with E-state index < -0.39 is 11.7 Å². The van der Waals surface area contributed by atoms with Crippen molar-refractivity contribution < 1.29 is 18.3 Å². The number of rotatable bonds is 4. The third kappa shape index (κ3) is 4.39. The number of phenolic OH excluding ortho intramolecular Hbond substituents is 1. The van der Waals surface area contributed by atoms with Crippen LogP contribution >= 0.6 is 0 Å². The summed E-state index contributed by atoms with van der Waals surface area (Å²) in [6, 6.07) is 14.1. The van der Waals surface area contributed by atoms with Crippen LogP contribution in [0.2, 0.25) is 0 Å². The highest BCUT2D eigenvalue weighted by Gasteiger charge is 2.29. The van der Waals surface area contributed by atoms with Crippen LogP contribution in [0.3, 0.4) is 0 Å². The highest BCUT2D eigenvalue weighted by Crippen LogP contribution is 2.30. The van der Waals surface area contributed by atoms with Crippen molar-refractivity contribution in [3.05, 3.63) is 77.5 Å². The van der Waals surface area contributed by atoms with E-state index in [1.165, 1.54) is 12.1 Å². The van der Waals surface area contributed by atoms with Gasteiger partial charge in [0.25, 0.3) is 0 Å². The van der Waals surface area contributed by atoms with Crippen molar-refractivity contribution in [2.45, 2.75) is 19.6 Å². The molecule has 0 bridgehead atoms. The number of hydrogen-bond donors (Lipinski definition) is 1. The largest absolute Gasteiger partial charge is 0.508 e. The van der Waals surface area contributed by atoms with Gasteiger partial charge in [0.1, 0.15) is 5.75 Å². The first kappa shape index (κ1) is 18.8. The molecule has 0 aliphatic carbocycles. The maximum Gasteiger partial charge on any atom is 0.416 e. The fraction of sp³-hybridized carbons (Fsp3) is 0.190. The summed E-state index contributed by atoms with van der Waals surface area (Å²) in [6.07, 6.45) is -2.62. The van der Waals surface area contributed by atoms with E-state index in [-0.39, 0.29) is 5.75 Å². The van der Waals surface area contributed by atoms with Gasteiger partial charge >= 0.3 is 6.18 Å². The third-order valence-corrected chi connectivity index (χ3v) is 4.37. The van der Waals surface area contributed by atoms with Gasteiger partial charge in [0.05, 0.1) is 11.3 Å². The van der Waals surface area contributed by atoms with Crippen molar-refractivity contribution in [2.75, 3.05) is 11.9 Å². The van der Waals surface area contributed by atoms with Gasteiger partial charge in [0, 0.05) is 31.0 Å². The van der Waals surface area contributed by atoms with Gasteiger partial charge in [-0.15, -0.1) is 0 Å². The molecule has 0 spiro atoms. The molecule has 0 aliphatic heterocycles. The standard InChI is InChI=1S/C21H19F3N2O/c1-14-11-18(8-10-20(14)27)26(2)13-15-3-9-19(25-12-15)16-4-6-17(7-5-16)21(22,23)24/h3-12,27H,13H2,1-2H3. The molecule has 3 rings (SSSR count). The Bertz CT molecular complexity index is 920. The summed E-state index contributed by atoms with van der Waals surface area (Å²) in [5, 5.41) is 9.62. The molecule has 0 saturated carbocycles. The summed E-state index contributed by atoms with van der Waals surface area (Å²) in [6.45, 7) is 2.46. The zero-order valence-corrected chi connectivity index (χ0v) is 15.0. The zero-order chi connectivity index (χ0) is 19.6. The molecule has 1 heterocycles. The van der Waals surface area contributed by atoms with Crippen LogP contribution in [0.5, 0.6) is 5.75 Å². The maximum absolute atomic E-state index is 12.6. The van der Waals surface area contributed by atoms with Gasteiger partial charge < -0.3 is 10.0 Å². The van der Waals surface area contributed by atoms with Crippen LogP contribution in [0.15, 0.2) is 60.8 Å². The summed E-state index contributed by atoms with van der Waals surface area (Å²) in [7, 11) is 1.94. The van der Waals surface area contributed by atoms with Gasteiger partial charge in [-0.25, -0.2) is 0 Å². The molecule has 0 saturated heterocycles. The monoisotopic (exact) mass is 372 g/mol. The Kier molecular flexibility index (Phi) is 5.08. The van der Waals surface area contributed by atoms with Crippen LogP contribution in [-0.4, -0.2) is 17.1 Å². The molecule has 1 aromatic heterocycles. The number of hydrogen-bond acceptors (Lipinski definition) is 3. The summed E-state index contributed by atoms with van der Waals surface area (Å²) >= 11 is 0. The molecule has 0 unspecified atom stereocenters. The molecule has 27 heavy (non-hydrogen) atoms. The van der Waals surface area contributed by atoms with Crippen molar-refractivity contribution in [3.8, 4) is 17.0 Å². The highest BCUT2D eigenvalue weighted by molar-refractivity contribution is 5.60. The van der Waals surface area contributed by atoms with Crippen LogP contribution in [0.4, 0.5) is 18.9 Å². The minimum absolute atomic E-state index is 0.259. The second-order valence-electron chi connectivity index (χ2n) is 6.45. The van der Waals surface area contributed by atoms with E-state index in [0.29, 0.717) is 17.8 Å². The molecule has 1 N–H and O–H groups in total. The Labute approximate surface area is 155 Å². The maximum atomic E-state index is 12.6. The second kappa shape index (κ2) is 7.31. The predicted octanol–water partition coefficient (Wildman–Crippen LogP) is 5.42. The summed E-state index contributed by atoms with van der Waals surface area (Å²) in [5.41, 5.74) is 3.33. The van der Waals surface area contributed by atoms with Crippen molar-refractivity contribution >= 4 is 5.69 Å². The first-order valence-electron chi connectivity index (χ1n) is 8.37. The number of pyridine rings is 1. The number of phenols is 1. The fourth-order valence-electron chi connectivity index (χ4n) is 2.76. The van der Waals surface area contributed by atoms with Crippen LogP contribution < -0.4 is 4.90 Å². The molecule has 2 aromatic carbocycles. The number of aryl methyl sites for hydroxylation is 1. The normalized spacial score (nSPS) is 11.4. The van der Waals surface area contributed by atoms with Gasteiger partial charge in [0.15, 0.2) is 0 Å². The number of alkyl halides is 3. The molecule has 0 aliphatic rings. The van der Waals surface area contributed by atoms with E-state index in [0.717, 1.165) is 28.9 Å². The van der Waals surface area contributed by atoms with E-state index in [2.05, 4.69) is 4.98 Å². The van der Waals surface area contributed by atoms with E-state index >= 15 is 0 Å². The minimum atomic E-state index is -4.34. The van der Waals surface area contributed by atoms with Crippen molar-refractivity contribution in [2.24, 2.45) is 0 Å². The Morgan fingerprint density at radius 3 is 2.26 bits per heavy atom. The average molecular weight is 372 g/mol. The molecule has 140 valence electrons. The molecule has 0 fully saturated rings. The third-order valence-electron chi connectivity index (χ3n) is 4.37. The van der Waals surface area contributed by atoms with Gasteiger partial charge in [-0.05, 0) is 54.4 Å². The SMILES string of the molecule is Cc1cc(N(C)Cc2ccc(-c3ccc(C(F)(F)F)cc3)nc2)ccc1O. The lowest BCUT2D eigenvalue weighted by Gasteiger charge is -2.20. The molecular formula is C21H19F3N2O. The second-order valence-corrected chi connectivity index (χ2v) is 6.45. The number of aromatic nitrogens is 1. The highest BCUT2D eigenvalue weighted by atomic mass is 19.4. The first-order valence-corrected chi connectivity index (χ1v) is 8.37. The van der Waals surface area contributed by atoms with Crippen molar-refractivity contribution in [3.63, 3.8) is 0 Å². The van der Waals surface area contributed by atoms with Crippen LogP contribution in [0.25, 0.3) is 11.3 Å². The topological polar surface area (TPSA) is 36.4 Å². The first-order chi connectivity index (χ1) is 12.7. The Morgan fingerprint density at radius 2 is 1.70 bits per heavy atom. The van der Waals surface area contributed by atoms with E-state index in [1.807, 2.05) is 37.1 Å². The molecular weight excluding hydrogens is 353 g/mol.